The largest absolute Gasteiger partial charge is 0.488 e. The highest BCUT2D eigenvalue weighted by atomic mass is 16.5. The average molecular weight is 328 g/mol. The van der Waals surface area contributed by atoms with E-state index in [4.69, 9.17) is 9.47 Å². The van der Waals surface area contributed by atoms with E-state index < -0.39 is 0 Å². The Bertz CT molecular complexity index is 652. The summed E-state index contributed by atoms with van der Waals surface area (Å²) in [6.45, 7) is 7.77. The monoisotopic (exact) mass is 328 g/mol. The van der Waals surface area contributed by atoms with Crippen LogP contribution in [0.5, 0.6) is 5.75 Å². The fourth-order valence-corrected chi connectivity index (χ4v) is 3.94. The maximum absolute atomic E-state index is 12.9. The molecule has 3 aliphatic rings. The van der Waals surface area contributed by atoms with Gasteiger partial charge in [-0.25, -0.2) is 0 Å². The zero-order valence-electron chi connectivity index (χ0n) is 14.1. The van der Waals surface area contributed by atoms with Crippen LogP contribution in [0.1, 0.15) is 12.5 Å². The molecular formula is C19H24N2O3. The SMILES string of the molecule is C[C@@H]1CN(C(=O)C2=Cc3ccccc3OC2)C[C@@H]1N1CCOCC1. The number of carbonyl (C=O) groups is 1. The van der Waals surface area contributed by atoms with Crippen molar-refractivity contribution in [3.05, 3.63) is 35.4 Å². The molecule has 0 spiro atoms. The van der Waals surface area contributed by atoms with Gasteiger partial charge < -0.3 is 14.4 Å². The number of hydrogen-bond donors (Lipinski definition) is 0. The van der Waals surface area contributed by atoms with Crippen molar-refractivity contribution in [2.45, 2.75) is 13.0 Å². The second-order valence-electron chi connectivity index (χ2n) is 6.90. The van der Waals surface area contributed by atoms with Crippen LogP contribution in [0.15, 0.2) is 29.8 Å². The van der Waals surface area contributed by atoms with E-state index in [1.807, 2.05) is 35.2 Å². The lowest BCUT2D eigenvalue weighted by Gasteiger charge is -2.34. The Kier molecular flexibility index (Phi) is 4.29. The Morgan fingerprint density at radius 3 is 2.79 bits per heavy atom. The second kappa shape index (κ2) is 6.57. The van der Waals surface area contributed by atoms with Gasteiger partial charge in [-0.2, -0.15) is 0 Å². The van der Waals surface area contributed by atoms with Gasteiger partial charge in [-0.15, -0.1) is 0 Å². The summed E-state index contributed by atoms with van der Waals surface area (Å²) in [7, 11) is 0. The van der Waals surface area contributed by atoms with Gasteiger partial charge in [0.2, 0.25) is 0 Å². The van der Waals surface area contributed by atoms with E-state index in [-0.39, 0.29) is 5.91 Å². The summed E-state index contributed by atoms with van der Waals surface area (Å²) in [5, 5.41) is 0. The smallest absolute Gasteiger partial charge is 0.253 e. The summed E-state index contributed by atoms with van der Waals surface area (Å²) in [6.07, 6.45) is 1.98. The van der Waals surface area contributed by atoms with Crippen LogP contribution in [0, 0.1) is 5.92 Å². The molecule has 0 N–H and O–H groups in total. The Morgan fingerprint density at radius 1 is 1.17 bits per heavy atom. The number of para-hydroxylation sites is 1. The number of hydrogen-bond acceptors (Lipinski definition) is 4. The van der Waals surface area contributed by atoms with E-state index in [0.717, 1.165) is 56.3 Å². The van der Waals surface area contributed by atoms with Crippen molar-refractivity contribution < 1.29 is 14.3 Å². The van der Waals surface area contributed by atoms with Crippen LogP contribution >= 0.6 is 0 Å². The zero-order valence-corrected chi connectivity index (χ0v) is 14.1. The minimum Gasteiger partial charge on any atom is -0.488 e. The molecule has 2 atom stereocenters. The quantitative estimate of drug-likeness (QED) is 0.828. The van der Waals surface area contributed by atoms with Crippen molar-refractivity contribution in [2.75, 3.05) is 46.0 Å². The molecular weight excluding hydrogens is 304 g/mol. The fourth-order valence-electron chi connectivity index (χ4n) is 3.94. The van der Waals surface area contributed by atoms with E-state index in [9.17, 15) is 4.79 Å². The van der Waals surface area contributed by atoms with Crippen LogP contribution in [0.2, 0.25) is 0 Å². The van der Waals surface area contributed by atoms with E-state index >= 15 is 0 Å². The van der Waals surface area contributed by atoms with Crippen LogP contribution in [-0.2, 0) is 9.53 Å². The van der Waals surface area contributed by atoms with Crippen LogP contribution in [0.3, 0.4) is 0 Å². The molecule has 0 radical (unpaired) electrons. The Balaban J connectivity index is 1.47. The van der Waals surface area contributed by atoms with E-state index in [0.29, 0.717) is 18.6 Å². The molecule has 1 aromatic carbocycles. The topological polar surface area (TPSA) is 42.0 Å². The lowest BCUT2D eigenvalue weighted by molar-refractivity contribution is -0.126. The molecule has 3 aliphatic heterocycles. The third-order valence-electron chi connectivity index (χ3n) is 5.28. The molecule has 128 valence electrons. The number of rotatable bonds is 2. The molecule has 0 saturated carbocycles. The molecule has 1 amide bonds. The maximum Gasteiger partial charge on any atom is 0.253 e. The molecule has 5 nitrogen and oxygen atoms in total. The summed E-state index contributed by atoms with van der Waals surface area (Å²) in [4.78, 5) is 17.4. The summed E-state index contributed by atoms with van der Waals surface area (Å²) >= 11 is 0. The van der Waals surface area contributed by atoms with Gasteiger partial charge in [0.05, 0.1) is 18.8 Å². The van der Waals surface area contributed by atoms with Crippen molar-refractivity contribution in [1.82, 2.24) is 9.80 Å². The van der Waals surface area contributed by atoms with Crippen molar-refractivity contribution in [2.24, 2.45) is 5.92 Å². The lowest BCUT2D eigenvalue weighted by Crippen LogP contribution is -2.47. The van der Waals surface area contributed by atoms with Crippen LogP contribution in [-0.4, -0.2) is 67.7 Å². The average Bonchev–Trinajstić information content (AvgIpc) is 3.03. The van der Waals surface area contributed by atoms with Gasteiger partial charge in [-0.3, -0.25) is 9.69 Å². The molecule has 3 heterocycles. The summed E-state index contributed by atoms with van der Waals surface area (Å²) < 4.78 is 11.2. The number of nitrogens with zero attached hydrogens (tertiary/aromatic N) is 2. The molecule has 0 aliphatic carbocycles. The van der Waals surface area contributed by atoms with Crippen LogP contribution in [0.4, 0.5) is 0 Å². The van der Waals surface area contributed by atoms with Gasteiger partial charge >= 0.3 is 0 Å². The number of likely N-dealkylation sites (tertiary alicyclic amines) is 1. The van der Waals surface area contributed by atoms with Gasteiger partial charge in [0, 0.05) is 37.8 Å². The predicted octanol–water partition coefficient (Wildman–Crippen LogP) is 1.64. The highest BCUT2D eigenvalue weighted by molar-refractivity contribution is 5.99. The number of fused-ring (bicyclic) bond motifs is 1. The molecule has 4 rings (SSSR count). The summed E-state index contributed by atoms with van der Waals surface area (Å²) in [5.74, 6) is 1.46. The first-order valence-electron chi connectivity index (χ1n) is 8.76. The minimum absolute atomic E-state index is 0.118. The van der Waals surface area contributed by atoms with Crippen molar-refractivity contribution >= 4 is 12.0 Å². The molecule has 0 bridgehead atoms. The highest BCUT2D eigenvalue weighted by Crippen LogP contribution is 2.29. The molecule has 2 fully saturated rings. The van der Waals surface area contributed by atoms with E-state index in [1.165, 1.54) is 0 Å². The lowest BCUT2D eigenvalue weighted by atomic mass is 10.0. The number of morpholine rings is 1. The number of amides is 1. The molecule has 1 aromatic rings. The van der Waals surface area contributed by atoms with Crippen molar-refractivity contribution in [3.63, 3.8) is 0 Å². The first kappa shape index (κ1) is 15.7. The van der Waals surface area contributed by atoms with Gasteiger partial charge in [-0.1, -0.05) is 25.1 Å². The Morgan fingerprint density at radius 2 is 1.96 bits per heavy atom. The first-order chi connectivity index (χ1) is 11.7. The van der Waals surface area contributed by atoms with Crippen LogP contribution < -0.4 is 4.74 Å². The summed E-state index contributed by atoms with van der Waals surface area (Å²) in [5.41, 5.74) is 1.74. The molecule has 0 aromatic heterocycles. The van der Waals surface area contributed by atoms with E-state index in [1.54, 1.807) is 0 Å². The number of ether oxygens (including phenoxy) is 2. The standard InChI is InChI=1S/C19H24N2O3/c1-14-11-21(12-17(14)20-6-8-23-9-7-20)19(22)16-10-15-4-2-3-5-18(15)24-13-16/h2-5,10,14,17H,6-9,11-13H2,1H3/t14-,17+/m1/s1. The second-order valence-corrected chi connectivity index (χ2v) is 6.90. The highest BCUT2D eigenvalue weighted by Gasteiger charge is 2.37. The third-order valence-corrected chi connectivity index (χ3v) is 5.28. The van der Waals surface area contributed by atoms with E-state index in [2.05, 4.69) is 11.8 Å². The minimum atomic E-state index is 0.118. The number of benzene rings is 1. The molecule has 24 heavy (non-hydrogen) atoms. The van der Waals surface area contributed by atoms with Gasteiger partial charge in [0.1, 0.15) is 12.4 Å². The summed E-state index contributed by atoms with van der Waals surface area (Å²) in [6, 6.07) is 8.30. The third kappa shape index (κ3) is 2.94. The normalized spacial score (nSPS) is 27.4. The van der Waals surface area contributed by atoms with Gasteiger partial charge in [0.15, 0.2) is 0 Å². The number of carbonyl (C=O) groups excluding carboxylic acids is 1. The van der Waals surface area contributed by atoms with Crippen molar-refractivity contribution in [3.8, 4) is 5.75 Å². The molecule has 0 unspecified atom stereocenters. The van der Waals surface area contributed by atoms with Crippen LogP contribution in [0.25, 0.3) is 6.08 Å². The Labute approximate surface area is 142 Å². The first-order valence-corrected chi connectivity index (χ1v) is 8.76. The van der Waals surface area contributed by atoms with Gasteiger partial charge in [0.25, 0.3) is 5.91 Å². The van der Waals surface area contributed by atoms with Crippen molar-refractivity contribution in [1.29, 1.82) is 0 Å². The zero-order chi connectivity index (χ0) is 16.5. The Hall–Kier alpha value is -1.85. The predicted molar refractivity (Wildman–Crippen MR) is 91.8 cm³/mol. The maximum atomic E-state index is 12.9. The molecule has 2 saturated heterocycles. The molecule has 5 heteroatoms. The van der Waals surface area contributed by atoms with Gasteiger partial charge in [-0.05, 0) is 18.1 Å². The fraction of sp³-hybridized carbons (Fsp3) is 0.526.